The Labute approximate surface area is 172 Å². The zero-order valence-electron chi connectivity index (χ0n) is 15.8. The van der Waals surface area contributed by atoms with Gasteiger partial charge in [0.05, 0.1) is 28.2 Å². The minimum Gasteiger partial charge on any atom is -0.298 e. The predicted octanol–water partition coefficient (Wildman–Crippen LogP) is 2.30. The molecule has 0 unspecified atom stereocenters. The van der Waals surface area contributed by atoms with Gasteiger partial charge in [-0.25, -0.2) is 17.8 Å². The maximum atomic E-state index is 12.6. The number of aldehydes is 1. The number of aromatic nitrogens is 4. The number of rotatable bonds is 5. The Morgan fingerprint density at radius 2 is 1.73 bits per heavy atom. The molecule has 0 aliphatic carbocycles. The molecule has 0 bridgehead atoms. The lowest BCUT2D eigenvalue weighted by Crippen LogP contribution is -2.15. The number of carbonyl (C=O) groups is 1. The minimum absolute atomic E-state index is 0.135. The Hall–Kier alpha value is -3.85. The van der Waals surface area contributed by atoms with Gasteiger partial charge in [0.25, 0.3) is 0 Å². The lowest BCUT2D eigenvalue weighted by Gasteiger charge is -2.10. The first-order valence-corrected chi connectivity index (χ1v) is 10.8. The largest absolute Gasteiger partial charge is 0.298 e. The van der Waals surface area contributed by atoms with E-state index in [0.29, 0.717) is 22.6 Å². The third-order valence-corrected chi connectivity index (χ3v) is 5.57. The average molecular weight is 420 g/mol. The van der Waals surface area contributed by atoms with Gasteiger partial charge >= 0.3 is 0 Å². The van der Waals surface area contributed by atoms with Crippen LogP contribution < -0.4 is 5.43 Å². The highest BCUT2D eigenvalue weighted by Crippen LogP contribution is 2.20. The van der Waals surface area contributed by atoms with Crippen LogP contribution in [0, 0.1) is 0 Å². The van der Waals surface area contributed by atoms with E-state index in [-0.39, 0.29) is 16.0 Å². The van der Waals surface area contributed by atoms with Gasteiger partial charge in [0, 0.05) is 24.1 Å². The molecule has 2 aromatic heterocycles. The van der Waals surface area contributed by atoms with Gasteiger partial charge in [-0.15, -0.1) is 0 Å². The summed E-state index contributed by atoms with van der Waals surface area (Å²) in [6, 6.07) is 16.1. The topological polar surface area (TPSA) is 104 Å². The van der Waals surface area contributed by atoms with E-state index in [2.05, 4.69) is 10.2 Å². The van der Waals surface area contributed by atoms with Crippen molar-refractivity contribution in [2.75, 3.05) is 6.26 Å². The van der Waals surface area contributed by atoms with Crippen molar-refractivity contribution in [3.63, 3.8) is 0 Å². The number of hydrogen-bond donors (Lipinski definition) is 0. The summed E-state index contributed by atoms with van der Waals surface area (Å²) in [6.45, 7) is 0. The van der Waals surface area contributed by atoms with E-state index in [1.165, 1.54) is 40.0 Å². The summed E-state index contributed by atoms with van der Waals surface area (Å²) >= 11 is 0. The first kappa shape index (κ1) is 19.5. The predicted molar refractivity (Wildman–Crippen MR) is 111 cm³/mol. The van der Waals surface area contributed by atoms with Crippen LogP contribution in [0.3, 0.4) is 0 Å². The van der Waals surface area contributed by atoms with Gasteiger partial charge in [-0.1, -0.05) is 18.2 Å². The summed E-state index contributed by atoms with van der Waals surface area (Å²) in [5.41, 5.74) is 1.83. The number of benzene rings is 2. The molecule has 0 spiro atoms. The van der Waals surface area contributed by atoms with Crippen molar-refractivity contribution in [2.24, 2.45) is 0 Å². The third kappa shape index (κ3) is 3.70. The summed E-state index contributed by atoms with van der Waals surface area (Å²) in [7, 11) is -3.39. The van der Waals surface area contributed by atoms with E-state index in [1.54, 1.807) is 42.5 Å². The van der Waals surface area contributed by atoms with Gasteiger partial charge in [0.15, 0.2) is 15.5 Å². The second-order valence-corrected chi connectivity index (χ2v) is 8.60. The highest BCUT2D eigenvalue weighted by molar-refractivity contribution is 7.90. The molecule has 0 aliphatic rings. The van der Waals surface area contributed by atoms with Crippen molar-refractivity contribution < 1.29 is 13.2 Å². The van der Waals surface area contributed by atoms with E-state index >= 15 is 0 Å². The van der Waals surface area contributed by atoms with Gasteiger partial charge in [0.2, 0.25) is 5.43 Å². The fraction of sp³-hybridized carbons (Fsp3) is 0.0476. The molecule has 4 aromatic rings. The van der Waals surface area contributed by atoms with Crippen molar-refractivity contribution >= 4 is 16.1 Å². The van der Waals surface area contributed by atoms with Crippen molar-refractivity contribution in [1.82, 2.24) is 19.6 Å². The van der Waals surface area contributed by atoms with E-state index in [9.17, 15) is 18.0 Å². The Morgan fingerprint density at radius 1 is 0.967 bits per heavy atom. The van der Waals surface area contributed by atoms with Crippen molar-refractivity contribution in [3.05, 3.63) is 88.8 Å². The summed E-state index contributed by atoms with van der Waals surface area (Å²) in [4.78, 5) is 23.8. The van der Waals surface area contributed by atoms with Crippen LogP contribution >= 0.6 is 0 Å². The molecule has 0 radical (unpaired) electrons. The number of carbonyl (C=O) groups excluding carboxylic acids is 1. The molecule has 4 rings (SSSR count). The molecule has 2 heterocycles. The molecule has 0 fully saturated rings. The Balaban J connectivity index is 1.85. The third-order valence-electron chi connectivity index (χ3n) is 4.45. The van der Waals surface area contributed by atoms with Crippen LogP contribution in [0.2, 0.25) is 0 Å². The van der Waals surface area contributed by atoms with E-state index < -0.39 is 9.84 Å². The summed E-state index contributed by atoms with van der Waals surface area (Å²) in [5, 5.41) is 8.68. The van der Waals surface area contributed by atoms with Crippen LogP contribution in [-0.4, -0.2) is 40.5 Å². The molecule has 2 aromatic carbocycles. The zero-order chi connectivity index (χ0) is 21.3. The van der Waals surface area contributed by atoms with Gasteiger partial charge < -0.3 is 0 Å². The normalized spacial score (nSPS) is 11.4. The molecule has 0 saturated carbocycles. The average Bonchev–Trinajstić information content (AvgIpc) is 3.23. The summed E-state index contributed by atoms with van der Waals surface area (Å²) in [5.74, 6) is 0. The highest BCUT2D eigenvalue weighted by atomic mass is 32.2. The van der Waals surface area contributed by atoms with Crippen LogP contribution in [0.4, 0.5) is 0 Å². The van der Waals surface area contributed by atoms with E-state index in [0.717, 1.165) is 12.5 Å². The van der Waals surface area contributed by atoms with Gasteiger partial charge in [-0.3, -0.25) is 9.59 Å². The van der Waals surface area contributed by atoms with E-state index in [1.807, 2.05) is 0 Å². The molecule has 0 atom stereocenters. The van der Waals surface area contributed by atoms with Crippen molar-refractivity contribution in [1.29, 1.82) is 0 Å². The number of hydrogen-bond acceptors (Lipinski definition) is 6. The molecule has 150 valence electrons. The fourth-order valence-corrected chi connectivity index (χ4v) is 3.66. The van der Waals surface area contributed by atoms with Crippen LogP contribution in [0.15, 0.2) is 82.7 Å². The SMILES string of the molecule is CS(=O)(=O)c1cccc(-n2ccc(=O)c(-c3ccnn3-c3cccc(C=O)c3)n2)c1. The number of nitrogens with zero attached hydrogens (tertiary/aromatic N) is 4. The van der Waals surface area contributed by atoms with E-state index in [4.69, 9.17) is 0 Å². The summed E-state index contributed by atoms with van der Waals surface area (Å²) in [6.07, 6.45) is 4.87. The quantitative estimate of drug-likeness (QED) is 0.459. The van der Waals surface area contributed by atoms with Gasteiger partial charge in [0.1, 0.15) is 6.29 Å². The molecule has 0 N–H and O–H groups in total. The molecule has 30 heavy (non-hydrogen) atoms. The fourth-order valence-electron chi connectivity index (χ4n) is 3.00. The molecule has 9 heteroatoms. The van der Waals surface area contributed by atoms with Crippen LogP contribution in [0.5, 0.6) is 0 Å². The van der Waals surface area contributed by atoms with Crippen LogP contribution in [0.1, 0.15) is 10.4 Å². The second-order valence-electron chi connectivity index (χ2n) is 6.58. The van der Waals surface area contributed by atoms with Crippen molar-refractivity contribution in [2.45, 2.75) is 4.90 Å². The molecular formula is C21H16N4O4S. The monoisotopic (exact) mass is 420 g/mol. The maximum absolute atomic E-state index is 12.6. The number of sulfone groups is 1. The Morgan fingerprint density at radius 3 is 2.50 bits per heavy atom. The first-order valence-electron chi connectivity index (χ1n) is 8.87. The summed E-state index contributed by atoms with van der Waals surface area (Å²) < 4.78 is 26.7. The molecule has 8 nitrogen and oxygen atoms in total. The molecule has 0 aliphatic heterocycles. The first-order chi connectivity index (χ1) is 14.4. The second kappa shape index (κ2) is 7.53. The standard InChI is InChI=1S/C21H16N4O4S/c1-30(28,29)18-7-3-5-16(13-18)24-11-9-20(27)21(23-24)19-8-10-22-25(19)17-6-2-4-15(12-17)14-26/h2-14H,1H3. The highest BCUT2D eigenvalue weighted by Gasteiger charge is 2.15. The Kier molecular flexibility index (Phi) is 4.88. The minimum atomic E-state index is -3.39. The maximum Gasteiger partial charge on any atom is 0.209 e. The zero-order valence-corrected chi connectivity index (χ0v) is 16.7. The van der Waals surface area contributed by atoms with Crippen molar-refractivity contribution in [3.8, 4) is 22.8 Å². The molecule has 0 amide bonds. The molecular weight excluding hydrogens is 404 g/mol. The van der Waals surface area contributed by atoms with Gasteiger partial charge in [-0.05, 0) is 36.4 Å². The smallest absolute Gasteiger partial charge is 0.209 e. The van der Waals surface area contributed by atoms with Gasteiger partial charge in [-0.2, -0.15) is 10.2 Å². The van der Waals surface area contributed by atoms with Crippen LogP contribution in [0.25, 0.3) is 22.8 Å². The Bertz CT molecular complexity index is 1420. The van der Waals surface area contributed by atoms with Crippen LogP contribution in [-0.2, 0) is 9.84 Å². The lowest BCUT2D eigenvalue weighted by atomic mass is 10.2. The lowest BCUT2D eigenvalue weighted by molar-refractivity contribution is 0.112. The molecule has 0 saturated heterocycles.